The first-order chi connectivity index (χ1) is 9.76. The summed E-state index contributed by atoms with van der Waals surface area (Å²) < 4.78 is 0.663. The van der Waals surface area contributed by atoms with Crippen LogP contribution in [0.3, 0.4) is 0 Å². The summed E-state index contributed by atoms with van der Waals surface area (Å²) in [5.41, 5.74) is 3.31. The van der Waals surface area contributed by atoms with Gasteiger partial charge in [0.25, 0.3) is 5.91 Å². The first-order valence-electron chi connectivity index (χ1n) is 7.41. The number of rotatable bonds is 5. The van der Waals surface area contributed by atoms with Crippen LogP contribution in [0, 0.1) is 25.2 Å². The van der Waals surface area contributed by atoms with Crippen LogP contribution in [-0.4, -0.2) is 37.1 Å². The van der Waals surface area contributed by atoms with Crippen molar-refractivity contribution in [3.8, 4) is 6.07 Å². The van der Waals surface area contributed by atoms with Crippen LogP contribution >= 0.6 is 0 Å². The number of hydrogen-bond acceptors (Lipinski definition) is 2. The second-order valence-electron chi connectivity index (χ2n) is 6.11. The zero-order valence-corrected chi connectivity index (χ0v) is 17.4. The number of hydrogen-bond donors (Lipinski definition) is 1. The molecule has 1 aromatic rings. The molecule has 4 nitrogen and oxygen atoms in total. The van der Waals surface area contributed by atoms with Crippen LogP contribution in [0.2, 0.25) is 0 Å². The fourth-order valence-corrected chi connectivity index (χ4v) is 2.65. The molecular weight excluding hydrogens is 351 g/mol. The van der Waals surface area contributed by atoms with E-state index in [1.807, 2.05) is 32.9 Å². The molecule has 0 spiro atoms. The van der Waals surface area contributed by atoms with Gasteiger partial charge in [0, 0.05) is 44.8 Å². The van der Waals surface area contributed by atoms with E-state index < -0.39 is 0 Å². The van der Waals surface area contributed by atoms with Crippen molar-refractivity contribution >= 4 is 11.6 Å². The van der Waals surface area contributed by atoms with Crippen molar-refractivity contribution in [2.45, 2.75) is 40.2 Å². The first-order valence-corrected chi connectivity index (χ1v) is 7.41. The summed E-state index contributed by atoms with van der Waals surface area (Å²) in [6.07, 6.45) is 0.793. The second kappa shape index (κ2) is 8.77. The van der Waals surface area contributed by atoms with E-state index in [1.54, 1.807) is 0 Å². The molecule has 0 bridgehead atoms. The third-order valence-electron chi connectivity index (χ3n) is 4.26. The molecule has 1 N–H and O–H groups in total. The van der Waals surface area contributed by atoms with Crippen molar-refractivity contribution in [2.24, 2.45) is 0 Å². The molecule has 0 aliphatic carbocycles. The Morgan fingerprint density at radius 1 is 1.27 bits per heavy atom. The van der Waals surface area contributed by atoms with Crippen LogP contribution in [-0.2, 0) is 37.5 Å². The molecule has 1 rings (SSSR count). The third-order valence-corrected chi connectivity index (χ3v) is 4.26. The third kappa shape index (κ3) is 4.88. The van der Waals surface area contributed by atoms with Gasteiger partial charge in [-0.2, -0.15) is 5.26 Å². The quantitative estimate of drug-likeness (QED) is 0.803. The van der Waals surface area contributed by atoms with Gasteiger partial charge in [-0.05, 0) is 44.0 Å². The first kappa shape index (κ1) is 21.2. The summed E-state index contributed by atoms with van der Waals surface area (Å²) >= 11 is 0. The molecule has 0 fully saturated rings. The molecule has 0 aliphatic rings. The van der Waals surface area contributed by atoms with Gasteiger partial charge < -0.3 is 9.80 Å². The molecule has 1 radical (unpaired) electrons. The number of quaternary nitrogens is 1. The summed E-state index contributed by atoms with van der Waals surface area (Å²) in [7, 11) is 4.15. The Balaban J connectivity index is 0.00000441. The molecule has 1 atom stereocenters. The number of nitrogens with one attached hydrogen (secondary N) is 1. The number of carbonyl (C=O) groups excluding carboxylic acids is 1. The fourth-order valence-electron chi connectivity index (χ4n) is 2.65. The van der Waals surface area contributed by atoms with Gasteiger partial charge in [0.15, 0.2) is 6.04 Å². The summed E-state index contributed by atoms with van der Waals surface area (Å²) in [4.78, 5) is 12.6. The molecule has 1 amide bonds. The minimum absolute atomic E-state index is 0. The van der Waals surface area contributed by atoms with Crippen molar-refractivity contribution in [3.05, 3.63) is 28.8 Å². The predicted octanol–water partition coefficient (Wildman–Crippen LogP) is 2.99. The average Bonchev–Trinajstić information content (AvgIpc) is 2.43. The average molecular weight is 377 g/mol. The van der Waals surface area contributed by atoms with Gasteiger partial charge >= 0.3 is 0 Å². The molecule has 0 heterocycles. The molecule has 5 heteroatoms. The fraction of sp³-hybridized carbons (Fsp3) is 0.529. The Hall–Kier alpha value is -0.756. The van der Waals surface area contributed by atoms with E-state index >= 15 is 0 Å². The number of carbonyl (C=O) groups is 1. The maximum Gasteiger partial charge on any atom is 0.282 e. The van der Waals surface area contributed by atoms with E-state index in [0.717, 1.165) is 29.8 Å². The Morgan fingerprint density at radius 3 is 2.14 bits per heavy atom. The topological polar surface area (TPSA) is 52.9 Å². The van der Waals surface area contributed by atoms with E-state index in [-0.39, 0.29) is 44.7 Å². The summed E-state index contributed by atoms with van der Waals surface area (Å²) in [6, 6.07) is 5.68. The maximum absolute atomic E-state index is 12.6. The largest absolute Gasteiger partial charge is 0.320 e. The Labute approximate surface area is 159 Å². The van der Waals surface area contributed by atoms with Crippen LogP contribution in [0.4, 0.5) is 5.69 Å². The van der Waals surface area contributed by atoms with Gasteiger partial charge in [-0.15, -0.1) is 0 Å². The van der Waals surface area contributed by atoms with Gasteiger partial charge in [0.05, 0.1) is 32.3 Å². The number of aryl methyl sites for hydroxylation is 2. The summed E-state index contributed by atoms with van der Waals surface area (Å²) in [5.74, 6) is 0.0419. The molecular formula is C17H26N3OY+. The van der Waals surface area contributed by atoms with Gasteiger partial charge in [0.2, 0.25) is 0 Å². The van der Waals surface area contributed by atoms with Crippen molar-refractivity contribution in [3.63, 3.8) is 0 Å². The second-order valence-corrected chi connectivity index (χ2v) is 6.11. The molecule has 0 saturated carbocycles. The number of nitriles is 1. The minimum Gasteiger partial charge on any atom is -0.320 e. The Morgan fingerprint density at radius 2 is 1.77 bits per heavy atom. The molecule has 0 aliphatic heterocycles. The Bertz CT molecular complexity index is 553. The maximum atomic E-state index is 12.6. The number of nitrogens with zero attached hydrogens (tertiary/aromatic N) is 2. The van der Waals surface area contributed by atoms with E-state index in [2.05, 4.69) is 32.4 Å². The molecule has 1 unspecified atom stereocenters. The molecule has 22 heavy (non-hydrogen) atoms. The van der Waals surface area contributed by atoms with E-state index in [9.17, 15) is 4.79 Å². The predicted molar refractivity (Wildman–Crippen MR) is 86.0 cm³/mol. The van der Waals surface area contributed by atoms with Crippen LogP contribution in [0.25, 0.3) is 0 Å². The number of amides is 1. The monoisotopic (exact) mass is 377 g/mol. The number of anilines is 1. The number of likely N-dealkylation sites (N-methyl/N-ethyl adjacent to an activating group) is 1. The van der Waals surface area contributed by atoms with Crippen molar-refractivity contribution in [1.82, 2.24) is 0 Å². The van der Waals surface area contributed by atoms with Crippen LogP contribution in [0.15, 0.2) is 12.1 Å². The minimum atomic E-state index is -0.0792. The van der Waals surface area contributed by atoms with E-state index in [4.69, 9.17) is 5.26 Å². The van der Waals surface area contributed by atoms with Crippen LogP contribution < -0.4 is 5.32 Å². The molecule has 0 aromatic heterocycles. The SMILES string of the molecule is CCC(C(=O)Nc1c(C)cc(C#N)cc1C)[N+](C)(C)CC.[Y]. The molecule has 0 saturated heterocycles. The molecule has 1 aromatic carbocycles. The summed E-state index contributed by atoms with van der Waals surface area (Å²) in [5, 5.41) is 12.0. The zero-order valence-electron chi connectivity index (χ0n) is 14.5. The van der Waals surface area contributed by atoms with Crippen molar-refractivity contribution in [2.75, 3.05) is 26.0 Å². The summed E-state index contributed by atoms with van der Waals surface area (Å²) in [6.45, 7) is 8.87. The van der Waals surface area contributed by atoms with E-state index in [0.29, 0.717) is 10.0 Å². The van der Waals surface area contributed by atoms with Gasteiger partial charge in [0.1, 0.15) is 0 Å². The van der Waals surface area contributed by atoms with Gasteiger partial charge in [-0.3, -0.25) is 4.79 Å². The van der Waals surface area contributed by atoms with E-state index in [1.165, 1.54) is 0 Å². The normalized spacial score (nSPS) is 12.0. The van der Waals surface area contributed by atoms with Crippen molar-refractivity contribution < 1.29 is 42.0 Å². The number of benzene rings is 1. The van der Waals surface area contributed by atoms with Crippen LogP contribution in [0.5, 0.6) is 0 Å². The van der Waals surface area contributed by atoms with Crippen LogP contribution in [0.1, 0.15) is 37.0 Å². The van der Waals surface area contributed by atoms with Gasteiger partial charge in [-0.25, -0.2) is 0 Å². The van der Waals surface area contributed by atoms with Gasteiger partial charge in [-0.1, -0.05) is 6.92 Å². The zero-order chi connectivity index (χ0) is 16.2. The molecule has 117 valence electrons. The Kier molecular flexibility index (Phi) is 8.46. The smallest absolute Gasteiger partial charge is 0.282 e. The standard InChI is InChI=1S/C17H25N3O.Y/c1-7-15(20(5,6)8-2)17(21)19-16-12(3)9-14(11-18)10-13(16)4;/h9-10,15H,7-8H2,1-6H3;/p+1. The van der Waals surface area contributed by atoms with Crippen molar-refractivity contribution in [1.29, 1.82) is 5.26 Å².